The molecule has 0 aromatic heterocycles. The van der Waals surface area contributed by atoms with Crippen LogP contribution in [0.25, 0.3) is 0 Å². The number of methoxy groups -OCH3 is 1. The Balaban J connectivity index is 2.17. The molecular weight excluding hydrogens is 210 g/mol. The highest BCUT2D eigenvalue weighted by molar-refractivity contribution is 5.31. The van der Waals surface area contributed by atoms with E-state index in [1.54, 1.807) is 7.11 Å². The number of hydrogen-bond acceptors (Lipinski definition) is 2. The van der Waals surface area contributed by atoms with Gasteiger partial charge < -0.3 is 10.5 Å². The molecule has 2 heteroatoms. The van der Waals surface area contributed by atoms with Crippen molar-refractivity contribution in [2.75, 3.05) is 7.11 Å². The van der Waals surface area contributed by atoms with E-state index in [0.717, 1.165) is 5.75 Å². The Morgan fingerprint density at radius 3 is 2.24 bits per heavy atom. The summed E-state index contributed by atoms with van der Waals surface area (Å²) < 4.78 is 5.19. The van der Waals surface area contributed by atoms with Crippen molar-refractivity contribution in [3.05, 3.63) is 29.8 Å². The molecule has 94 valence electrons. The second-order valence-corrected chi connectivity index (χ2v) is 5.35. The minimum Gasteiger partial charge on any atom is -0.497 e. The van der Waals surface area contributed by atoms with E-state index >= 15 is 0 Å². The zero-order chi connectivity index (χ0) is 12.3. The van der Waals surface area contributed by atoms with E-state index in [0.29, 0.717) is 5.92 Å². The molecule has 1 fully saturated rings. The molecule has 0 spiro atoms. The van der Waals surface area contributed by atoms with Gasteiger partial charge in [0.2, 0.25) is 0 Å². The fourth-order valence-electron chi connectivity index (χ4n) is 2.89. The van der Waals surface area contributed by atoms with E-state index in [2.05, 4.69) is 19.1 Å². The van der Waals surface area contributed by atoms with Crippen LogP contribution in [0, 0.1) is 5.92 Å². The van der Waals surface area contributed by atoms with Crippen molar-refractivity contribution in [2.45, 2.75) is 44.6 Å². The van der Waals surface area contributed by atoms with Crippen molar-refractivity contribution in [2.24, 2.45) is 11.7 Å². The molecule has 0 radical (unpaired) electrons. The highest BCUT2D eigenvalue weighted by atomic mass is 16.5. The standard InChI is InChI=1S/C15H23NO/c1-15(16,12-6-4-3-5-7-12)13-8-10-14(17-2)11-9-13/h8-12H,3-7,16H2,1-2H3. The molecule has 1 unspecified atom stereocenters. The van der Waals surface area contributed by atoms with E-state index in [-0.39, 0.29) is 5.54 Å². The second kappa shape index (κ2) is 5.09. The van der Waals surface area contributed by atoms with Crippen LogP contribution < -0.4 is 10.5 Å². The quantitative estimate of drug-likeness (QED) is 0.868. The maximum Gasteiger partial charge on any atom is 0.118 e. The molecule has 1 aromatic rings. The Labute approximate surface area is 104 Å². The Morgan fingerprint density at radius 2 is 1.71 bits per heavy atom. The van der Waals surface area contributed by atoms with Crippen molar-refractivity contribution in [3.63, 3.8) is 0 Å². The number of rotatable bonds is 3. The summed E-state index contributed by atoms with van der Waals surface area (Å²) in [4.78, 5) is 0. The highest BCUT2D eigenvalue weighted by Gasteiger charge is 2.32. The molecule has 1 aromatic carbocycles. The average Bonchev–Trinajstić information content (AvgIpc) is 2.40. The lowest BCUT2D eigenvalue weighted by molar-refractivity contribution is 0.224. The Hall–Kier alpha value is -1.02. The first-order valence-electron chi connectivity index (χ1n) is 6.58. The maximum absolute atomic E-state index is 6.56. The lowest BCUT2D eigenvalue weighted by atomic mass is 9.73. The monoisotopic (exact) mass is 233 g/mol. The third-order valence-corrected chi connectivity index (χ3v) is 4.17. The van der Waals surface area contributed by atoms with Crippen molar-refractivity contribution < 1.29 is 4.74 Å². The van der Waals surface area contributed by atoms with Gasteiger partial charge in [-0.05, 0) is 43.4 Å². The van der Waals surface area contributed by atoms with Gasteiger partial charge in [-0.25, -0.2) is 0 Å². The van der Waals surface area contributed by atoms with Gasteiger partial charge in [-0.2, -0.15) is 0 Å². The minimum absolute atomic E-state index is 0.202. The molecule has 1 saturated carbocycles. The topological polar surface area (TPSA) is 35.2 Å². The van der Waals surface area contributed by atoms with Crippen LogP contribution in [0.3, 0.4) is 0 Å². The van der Waals surface area contributed by atoms with Gasteiger partial charge in [0.1, 0.15) is 5.75 Å². The summed E-state index contributed by atoms with van der Waals surface area (Å²) in [5.41, 5.74) is 7.59. The summed E-state index contributed by atoms with van der Waals surface area (Å²) in [7, 11) is 1.69. The van der Waals surface area contributed by atoms with Crippen LogP contribution in [-0.2, 0) is 5.54 Å². The summed E-state index contributed by atoms with van der Waals surface area (Å²) in [5.74, 6) is 1.51. The van der Waals surface area contributed by atoms with Gasteiger partial charge in [0, 0.05) is 5.54 Å². The molecule has 17 heavy (non-hydrogen) atoms. The molecular formula is C15H23NO. The van der Waals surface area contributed by atoms with Crippen LogP contribution in [0.1, 0.15) is 44.6 Å². The Morgan fingerprint density at radius 1 is 1.12 bits per heavy atom. The first-order valence-corrected chi connectivity index (χ1v) is 6.58. The minimum atomic E-state index is -0.202. The smallest absolute Gasteiger partial charge is 0.118 e. The third-order valence-electron chi connectivity index (χ3n) is 4.17. The molecule has 2 N–H and O–H groups in total. The van der Waals surface area contributed by atoms with E-state index in [1.807, 2.05) is 12.1 Å². The molecule has 0 heterocycles. The van der Waals surface area contributed by atoms with E-state index in [4.69, 9.17) is 10.5 Å². The normalized spacial score (nSPS) is 20.9. The maximum atomic E-state index is 6.56. The third kappa shape index (κ3) is 2.63. The number of hydrogen-bond donors (Lipinski definition) is 1. The molecule has 1 atom stereocenters. The average molecular weight is 233 g/mol. The Bertz CT molecular complexity index is 350. The van der Waals surface area contributed by atoms with Crippen LogP contribution in [0.4, 0.5) is 0 Å². The van der Waals surface area contributed by atoms with Crippen LogP contribution in [0.5, 0.6) is 5.75 Å². The van der Waals surface area contributed by atoms with Gasteiger partial charge in [0.25, 0.3) is 0 Å². The molecule has 0 amide bonds. The number of ether oxygens (including phenoxy) is 1. The molecule has 1 aliphatic carbocycles. The van der Waals surface area contributed by atoms with Crippen LogP contribution >= 0.6 is 0 Å². The first kappa shape index (κ1) is 12.4. The van der Waals surface area contributed by atoms with Crippen molar-refractivity contribution >= 4 is 0 Å². The summed E-state index contributed by atoms with van der Waals surface area (Å²) in [6, 6.07) is 8.22. The first-order chi connectivity index (χ1) is 8.14. The largest absolute Gasteiger partial charge is 0.497 e. The predicted octanol–water partition coefficient (Wildman–Crippen LogP) is 3.45. The molecule has 0 aliphatic heterocycles. The van der Waals surface area contributed by atoms with Crippen molar-refractivity contribution in [1.29, 1.82) is 0 Å². The highest BCUT2D eigenvalue weighted by Crippen LogP contribution is 2.37. The second-order valence-electron chi connectivity index (χ2n) is 5.35. The number of nitrogens with two attached hydrogens (primary N) is 1. The molecule has 2 nitrogen and oxygen atoms in total. The summed E-state index contributed by atoms with van der Waals surface area (Å²) >= 11 is 0. The van der Waals surface area contributed by atoms with Crippen LogP contribution in [0.15, 0.2) is 24.3 Å². The molecule has 0 saturated heterocycles. The van der Waals surface area contributed by atoms with Gasteiger partial charge in [-0.1, -0.05) is 31.4 Å². The summed E-state index contributed by atoms with van der Waals surface area (Å²) in [6.45, 7) is 2.17. The van der Waals surface area contributed by atoms with Gasteiger partial charge in [0.15, 0.2) is 0 Å². The Kier molecular flexibility index (Phi) is 3.72. The summed E-state index contributed by atoms with van der Waals surface area (Å²) in [5, 5.41) is 0. The SMILES string of the molecule is COc1ccc(C(C)(N)C2CCCCC2)cc1. The molecule has 1 aliphatic rings. The number of benzene rings is 1. The molecule has 0 bridgehead atoms. The zero-order valence-corrected chi connectivity index (χ0v) is 10.9. The van der Waals surface area contributed by atoms with Crippen LogP contribution in [-0.4, -0.2) is 7.11 Å². The predicted molar refractivity (Wildman–Crippen MR) is 71.1 cm³/mol. The fraction of sp³-hybridized carbons (Fsp3) is 0.600. The van der Waals surface area contributed by atoms with Crippen molar-refractivity contribution in [3.8, 4) is 5.75 Å². The molecule has 2 rings (SSSR count). The van der Waals surface area contributed by atoms with E-state index in [9.17, 15) is 0 Å². The van der Waals surface area contributed by atoms with E-state index in [1.165, 1.54) is 37.7 Å². The van der Waals surface area contributed by atoms with Crippen LogP contribution in [0.2, 0.25) is 0 Å². The lowest BCUT2D eigenvalue weighted by Crippen LogP contribution is -2.42. The lowest BCUT2D eigenvalue weighted by Gasteiger charge is -2.37. The van der Waals surface area contributed by atoms with Gasteiger partial charge in [-0.3, -0.25) is 0 Å². The van der Waals surface area contributed by atoms with Gasteiger partial charge >= 0.3 is 0 Å². The van der Waals surface area contributed by atoms with E-state index < -0.39 is 0 Å². The van der Waals surface area contributed by atoms with Crippen molar-refractivity contribution in [1.82, 2.24) is 0 Å². The summed E-state index contributed by atoms with van der Waals surface area (Å²) in [6.07, 6.45) is 6.55. The van der Waals surface area contributed by atoms with Gasteiger partial charge in [-0.15, -0.1) is 0 Å². The van der Waals surface area contributed by atoms with Gasteiger partial charge in [0.05, 0.1) is 7.11 Å². The fourth-order valence-corrected chi connectivity index (χ4v) is 2.89. The zero-order valence-electron chi connectivity index (χ0n) is 10.9.